The number of aromatic nitrogens is 2. The molecule has 1 aliphatic rings. The third-order valence-corrected chi connectivity index (χ3v) is 5.52. The van der Waals surface area contributed by atoms with E-state index in [0.29, 0.717) is 11.1 Å². The number of hydrogen-bond donors (Lipinski definition) is 1. The Morgan fingerprint density at radius 1 is 1.25 bits per heavy atom. The number of carbonyl (C=O) groups excluding carboxylic acids is 1. The fourth-order valence-corrected chi connectivity index (χ4v) is 3.89. The smallest absolute Gasteiger partial charge is 0.246 e. The van der Waals surface area contributed by atoms with Crippen LogP contribution in [0.25, 0.3) is 6.08 Å². The molecular formula is C22H30ClN4O+. The molecule has 1 amide bonds. The van der Waals surface area contributed by atoms with Crippen LogP contribution in [0.2, 0.25) is 5.15 Å². The van der Waals surface area contributed by atoms with Crippen molar-refractivity contribution in [3.05, 3.63) is 58.4 Å². The lowest BCUT2D eigenvalue weighted by Crippen LogP contribution is -3.13. The van der Waals surface area contributed by atoms with Gasteiger partial charge >= 0.3 is 0 Å². The van der Waals surface area contributed by atoms with Crippen LogP contribution >= 0.6 is 11.6 Å². The summed E-state index contributed by atoms with van der Waals surface area (Å²) in [6.45, 7) is 11.5. The standard InChI is InChI=1S/C22H29ClN4O/c1-17(2)15-27-22(23)20(18(3)24-27)9-10-21(28)26-13-11-25(12-14-26)16-19-7-5-4-6-8-19/h4-10,17H,11-16H2,1-3H3/p+1/b10-9+. The number of benzene rings is 1. The summed E-state index contributed by atoms with van der Waals surface area (Å²) in [4.78, 5) is 16.0. The van der Waals surface area contributed by atoms with Gasteiger partial charge < -0.3 is 9.80 Å². The molecular weight excluding hydrogens is 372 g/mol. The number of halogens is 1. The van der Waals surface area contributed by atoms with Crippen LogP contribution in [-0.2, 0) is 17.9 Å². The Kier molecular flexibility index (Phi) is 6.92. The van der Waals surface area contributed by atoms with Crippen molar-refractivity contribution in [2.45, 2.75) is 33.9 Å². The van der Waals surface area contributed by atoms with Crippen LogP contribution < -0.4 is 4.90 Å². The van der Waals surface area contributed by atoms with Gasteiger partial charge in [0, 0.05) is 23.7 Å². The summed E-state index contributed by atoms with van der Waals surface area (Å²) in [5, 5.41) is 5.10. The zero-order valence-corrected chi connectivity index (χ0v) is 17.7. The lowest BCUT2D eigenvalue weighted by molar-refractivity contribution is -0.917. The van der Waals surface area contributed by atoms with Gasteiger partial charge in [0.15, 0.2) is 0 Å². The molecule has 0 aliphatic carbocycles. The average Bonchev–Trinajstić information content (AvgIpc) is 2.93. The lowest BCUT2D eigenvalue weighted by atomic mass is 10.2. The predicted molar refractivity (Wildman–Crippen MR) is 113 cm³/mol. The van der Waals surface area contributed by atoms with Gasteiger partial charge in [0.25, 0.3) is 0 Å². The number of piperazine rings is 1. The number of rotatable bonds is 6. The Balaban J connectivity index is 1.55. The van der Waals surface area contributed by atoms with Crippen LogP contribution in [0.1, 0.15) is 30.7 Å². The Bertz CT molecular complexity index is 821. The number of carbonyl (C=O) groups is 1. The van der Waals surface area contributed by atoms with Gasteiger partial charge in [-0.25, -0.2) is 0 Å². The summed E-state index contributed by atoms with van der Waals surface area (Å²) >= 11 is 6.46. The molecule has 3 rings (SSSR count). The summed E-state index contributed by atoms with van der Waals surface area (Å²) in [7, 11) is 0. The maximum atomic E-state index is 12.6. The summed E-state index contributed by atoms with van der Waals surface area (Å²) in [5.41, 5.74) is 3.04. The molecule has 1 N–H and O–H groups in total. The Hall–Kier alpha value is -2.11. The van der Waals surface area contributed by atoms with E-state index in [4.69, 9.17) is 11.6 Å². The number of nitrogens with zero attached hydrogens (tertiary/aromatic N) is 3. The van der Waals surface area contributed by atoms with Gasteiger partial charge in [-0.1, -0.05) is 55.8 Å². The molecule has 1 saturated heterocycles. The van der Waals surface area contributed by atoms with Crippen LogP contribution in [-0.4, -0.2) is 46.8 Å². The minimum absolute atomic E-state index is 0.0471. The molecule has 1 aromatic heterocycles. The molecule has 1 fully saturated rings. The van der Waals surface area contributed by atoms with Gasteiger partial charge in [-0.3, -0.25) is 9.48 Å². The molecule has 2 heterocycles. The minimum atomic E-state index is 0.0471. The fourth-order valence-electron chi connectivity index (χ4n) is 3.59. The second kappa shape index (κ2) is 9.39. The van der Waals surface area contributed by atoms with Gasteiger partial charge in [-0.15, -0.1) is 0 Å². The van der Waals surface area contributed by atoms with Crippen molar-refractivity contribution in [3.8, 4) is 0 Å². The van der Waals surface area contributed by atoms with Gasteiger partial charge in [-0.2, -0.15) is 5.10 Å². The minimum Gasteiger partial charge on any atom is -0.328 e. The van der Waals surface area contributed by atoms with Gasteiger partial charge in [0.1, 0.15) is 11.7 Å². The highest BCUT2D eigenvalue weighted by atomic mass is 35.5. The summed E-state index contributed by atoms with van der Waals surface area (Å²) < 4.78 is 1.82. The molecule has 0 atom stereocenters. The van der Waals surface area contributed by atoms with Gasteiger partial charge in [-0.05, 0) is 18.9 Å². The van der Waals surface area contributed by atoms with Crippen molar-refractivity contribution < 1.29 is 9.69 Å². The van der Waals surface area contributed by atoms with Gasteiger partial charge in [0.05, 0.1) is 31.9 Å². The molecule has 28 heavy (non-hydrogen) atoms. The number of quaternary nitrogens is 1. The second-order valence-corrected chi connectivity index (χ2v) is 8.29. The van der Waals surface area contributed by atoms with E-state index >= 15 is 0 Å². The Labute approximate surface area is 172 Å². The van der Waals surface area contributed by atoms with Crippen LogP contribution in [0.3, 0.4) is 0 Å². The first-order chi connectivity index (χ1) is 13.4. The highest BCUT2D eigenvalue weighted by Crippen LogP contribution is 2.22. The number of aryl methyl sites for hydroxylation is 1. The van der Waals surface area contributed by atoms with Crippen molar-refractivity contribution in [2.75, 3.05) is 26.2 Å². The average molecular weight is 402 g/mol. The van der Waals surface area contributed by atoms with Crippen LogP contribution in [0.4, 0.5) is 0 Å². The molecule has 2 aromatic rings. The molecule has 6 heteroatoms. The van der Waals surface area contributed by atoms with Crippen molar-refractivity contribution >= 4 is 23.6 Å². The molecule has 1 aliphatic heterocycles. The van der Waals surface area contributed by atoms with Crippen LogP contribution in [0.5, 0.6) is 0 Å². The van der Waals surface area contributed by atoms with Crippen molar-refractivity contribution in [1.29, 1.82) is 0 Å². The first-order valence-corrected chi connectivity index (χ1v) is 10.4. The highest BCUT2D eigenvalue weighted by Gasteiger charge is 2.22. The molecule has 0 radical (unpaired) electrons. The zero-order chi connectivity index (χ0) is 20.1. The number of amides is 1. The normalized spacial score (nSPS) is 15.7. The quantitative estimate of drug-likeness (QED) is 0.755. The van der Waals surface area contributed by atoms with E-state index in [1.54, 1.807) is 6.08 Å². The van der Waals surface area contributed by atoms with Gasteiger partial charge in [0.2, 0.25) is 5.91 Å². The fraction of sp³-hybridized carbons (Fsp3) is 0.455. The third-order valence-electron chi connectivity index (χ3n) is 5.12. The van der Waals surface area contributed by atoms with E-state index in [1.807, 2.05) is 28.6 Å². The SMILES string of the molecule is Cc1nn(CC(C)C)c(Cl)c1/C=C/C(=O)N1CC[NH+](Cc2ccccc2)CC1. The molecule has 0 unspecified atom stereocenters. The van der Waals surface area contributed by atoms with Crippen molar-refractivity contribution in [1.82, 2.24) is 14.7 Å². The van der Waals surface area contributed by atoms with Crippen molar-refractivity contribution in [3.63, 3.8) is 0 Å². The predicted octanol–water partition coefficient (Wildman–Crippen LogP) is 2.44. The first-order valence-electron chi connectivity index (χ1n) is 10.0. The van der Waals surface area contributed by atoms with Crippen LogP contribution in [0, 0.1) is 12.8 Å². The van der Waals surface area contributed by atoms with E-state index in [0.717, 1.165) is 50.5 Å². The first kappa shape index (κ1) is 20.6. The van der Waals surface area contributed by atoms with E-state index < -0.39 is 0 Å². The third kappa shape index (κ3) is 5.24. The van der Waals surface area contributed by atoms with Crippen molar-refractivity contribution in [2.24, 2.45) is 5.92 Å². The highest BCUT2D eigenvalue weighted by molar-refractivity contribution is 6.31. The summed E-state index contributed by atoms with van der Waals surface area (Å²) in [6.07, 6.45) is 3.45. The molecule has 0 spiro atoms. The number of hydrogen-bond acceptors (Lipinski definition) is 2. The summed E-state index contributed by atoms with van der Waals surface area (Å²) in [5.74, 6) is 0.510. The molecule has 0 bridgehead atoms. The number of nitrogens with one attached hydrogen (secondary N) is 1. The topological polar surface area (TPSA) is 42.6 Å². The largest absolute Gasteiger partial charge is 0.328 e. The Morgan fingerprint density at radius 3 is 2.57 bits per heavy atom. The Morgan fingerprint density at radius 2 is 1.93 bits per heavy atom. The second-order valence-electron chi connectivity index (χ2n) is 7.94. The van der Waals surface area contributed by atoms with E-state index in [2.05, 4.69) is 43.2 Å². The summed E-state index contributed by atoms with van der Waals surface area (Å²) in [6, 6.07) is 10.5. The maximum Gasteiger partial charge on any atom is 0.246 e. The molecule has 5 nitrogen and oxygen atoms in total. The molecule has 1 aromatic carbocycles. The van der Waals surface area contributed by atoms with E-state index in [1.165, 1.54) is 10.5 Å². The molecule has 0 saturated carbocycles. The van der Waals surface area contributed by atoms with Crippen LogP contribution in [0.15, 0.2) is 36.4 Å². The lowest BCUT2D eigenvalue weighted by Gasteiger charge is -2.31. The maximum absolute atomic E-state index is 12.6. The van der Waals surface area contributed by atoms with E-state index in [-0.39, 0.29) is 5.91 Å². The zero-order valence-electron chi connectivity index (χ0n) is 17.0. The molecule has 150 valence electrons. The van der Waals surface area contributed by atoms with E-state index in [9.17, 15) is 4.79 Å². The monoisotopic (exact) mass is 401 g/mol.